The SMILES string of the molecule is COCNCCC(C)=O. The average molecular weight is 131 g/mol. The number of carbonyl (C=O) groups excluding carboxylic acids is 1. The van der Waals surface area contributed by atoms with Crippen molar-refractivity contribution in [1.29, 1.82) is 0 Å². The van der Waals surface area contributed by atoms with Gasteiger partial charge in [-0.2, -0.15) is 0 Å². The summed E-state index contributed by atoms with van der Waals surface area (Å²) in [6.07, 6.45) is 0.587. The third kappa shape index (κ3) is 7.59. The Balaban J connectivity index is 2.83. The fourth-order valence-corrected chi connectivity index (χ4v) is 0.439. The molecule has 3 heteroatoms. The van der Waals surface area contributed by atoms with Crippen LogP contribution in [0.5, 0.6) is 0 Å². The first-order valence-electron chi connectivity index (χ1n) is 2.96. The zero-order valence-corrected chi connectivity index (χ0v) is 5.94. The molecule has 0 rings (SSSR count). The largest absolute Gasteiger partial charge is 0.370 e. The summed E-state index contributed by atoms with van der Waals surface area (Å²) in [5, 5.41) is 2.92. The lowest BCUT2D eigenvalue weighted by Gasteiger charge is -1.98. The normalized spacial score (nSPS) is 9.56. The molecular formula is C6H13NO2. The van der Waals surface area contributed by atoms with Crippen molar-refractivity contribution in [2.24, 2.45) is 0 Å². The van der Waals surface area contributed by atoms with E-state index in [1.54, 1.807) is 14.0 Å². The van der Waals surface area contributed by atoms with Crippen molar-refractivity contribution < 1.29 is 9.53 Å². The van der Waals surface area contributed by atoms with Gasteiger partial charge >= 0.3 is 0 Å². The van der Waals surface area contributed by atoms with Gasteiger partial charge in [-0.15, -0.1) is 0 Å². The maximum Gasteiger partial charge on any atom is 0.131 e. The first-order valence-corrected chi connectivity index (χ1v) is 2.96. The second-order valence-corrected chi connectivity index (χ2v) is 1.89. The summed E-state index contributed by atoms with van der Waals surface area (Å²) in [5.41, 5.74) is 0. The molecule has 0 aromatic rings. The molecule has 0 spiro atoms. The molecule has 1 N–H and O–H groups in total. The summed E-state index contributed by atoms with van der Waals surface area (Å²) in [5.74, 6) is 0.207. The smallest absolute Gasteiger partial charge is 0.131 e. The molecule has 0 bridgehead atoms. The third-order valence-corrected chi connectivity index (χ3v) is 0.900. The number of nitrogens with one attached hydrogen (secondary N) is 1. The highest BCUT2D eigenvalue weighted by Gasteiger charge is 1.89. The third-order valence-electron chi connectivity index (χ3n) is 0.900. The molecule has 0 fully saturated rings. The van der Waals surface area contributed by atoms with Crippen molar-refractivity contribution in [3.63, 3.8) is 0 Å². The van der Waals surface area contributed by atoms with Crippen LogP contribution < -0.4 is 5.32 Å². The Labute approximate surface area is 55.4 Å². The molecule has 0 saturated carbocycles. The minimum Gasteiger partial charge on any atom is -0.370 e. The molecule has 0 saturated heterocycles. The summed E-state index contributed by atoms with van der Waals surface area (Å²) < 4.78 is 4.70. The number of rotatable bonds is 5. The molecular weight excluding hydrogens is 118 g/mol. The zero-order chi connectivity index (χ0) is 7.11. The Kier molecular flexibility index (Phi) is 5.46. The molecule has 0 amide bonds. The summed E-state index contributed by atoms with van der Waals surface area (Å²) in [6.45, 7) is 2.81. The molecule has 0 atom stereocenters. The minimum atomic E-state index is 0.207. The minimum absolute atomic E-state index is 0.207. The van der Waals surface area contributed by atoms with Gasteiger partial charge in [-0.25, -0.2) is 0 Å². The van der Waals surface area contributed by atoms with Crippen LogP contribution >= 0.6 is 0 Å². The van der Waals surface area contributed by atoms with Crippen LogP contribution in [0.4, 0.5) is 0 Å². The fraction of sp³-hybridized carbons (Fsp3) is 0.833. The van der Waals surface area contributed by atoms with Gasteiger partial charge in [0.15, 0.2) is 0 Å². The number of ether oxygens (including phenoxy) is 1. The van der Waals surface area contributed by atoms with Gasteiger partial charge in [0, 0.05) is 20.1 Å². The lowest BCUT2D eigenvalue weighted by molar-refractivity contribution is -0.116. The second kappa shape index (κ2) is 5.72. The van der Waals surface area contributed by atoms with Crippen LogP contribution in [0.1, 0.15) is 13.3 Å². The van der Waals surface area contributed by atoms with E-state index in [0.717, 1.165) is 0 Å². The molecule has 0 aliphatic heterocycles. The van der Waals surface area contributed by atoms with Gasteiger partial charge in [-0.1, -0.05) is 0 Å². The highest BCUT2D eigenvalue weighted by molar-refractivity contribution is 5.75. The summed E-state index contributed by atoms with van der Waals surface area (Å²) in [6, 6.07) is 0. The van der Waals surface area contributed by atoms with Gasteiger partial charge in [-0.3, -0.25) is 10.1 Å². The van der Waals surface area contributed by atoms with E-state index in [9.17, 15) is 4.79 Å². The molecule has 3 nitrogen and oxygen atoms in total. The molecule has 9 heavy (non-hydrogen) atoms. The quantitative estimate of drug-likeness (QED) is 0.426. The van der Waals surface area contributed by atoms with E-state index in [1.165, 1.54) is 0 Å². The fourth-order valence-electron chi connectivity index (χ4n) is 0.439. The van der Waals surface area contributed by atoms with Gasteiger partial charge in [0.1, 0.15) is 5.78 Å². The van der Waals surface area contributed by atoms with Crippen molar-refractivity contribution >= 4 is 5.78 Å². The van der Waals surface area contributed by atoms with E-state index in [0.29, 0.717) is 19.7 Å². The van der Waals surface area contributed by atoms with Crippen LogP contribution in [-0.2, 0) is 9.53 Å². The maximum absolute atomic E-state index is 10.3. The lowest BCUT2D eigenvalue weighted by Crippen LogP contribution is -2.19. The van der Waals surface area contributed by atoms with Gasteiger partial charge < -0.3 is 4.74 Å². The number of ketones is 1. The number of hydrogen-bond donors (Lipinski definition) is 1. The molecule has 0 aromatic carbocycles. The molecule has 0 radical (unpaired) electrons. The summed E-state index contributed by atoms with van der Waals surface area (Å²) in [7, 11) is 1.61. The zero-order valence-electron chi connectivity index (χ0n) is 5.94. The number of hydrogen-bond acceptors (Lipinski definition) is 3. The van der Waals surface area contributed by atoms with Crippen molar-refractivity contribution in [1.82, 2.24) is 5.32 Å². The molecule has 0 aliphatic rings. The van der Waals surface area contributed by atoms with Crippen LogP contribution in [0.25, 0.3) is 0 Å². The van der Waals surface area contributed by atoms with Gasteiger partial charge in [0.25, 0.3) is 0 Å². The summed E-state index contributed by atoms with van der Waals surface area (Å²) in [4.78, 5) is 10.3. The molecule has 0 aromatic heterocycles. The highest BCUT2D eigenvalue weighted by Crippen LogP contribution is 1.76. The topological polar surface area (TPSA) is 38.3 Å². The van der Waals surface area contributed by atoms with Crippen LogP contribution in [-0.4, -0.2) is 26.2 Å². The Morgan fingerprint density at radius 3 is 2.78 bits per heavy atom. The highest BCUT2D eigenvalue weighted by atomic mass is 16.5. The average Bonchev–Trinajstić information content (AvgIpc) is 1.80. The van der Waals surface area contributed by atoms with Crippen molar-refractivity contribution in [3.8, 4) is 0 Å². The van der Waals surface area contributed by atoms with Gasteiger partial charge in [0.05, 0.1) is 6.73 Å². The standard InChI is InChI=1S/C6H13NO2/c1-6(8)3-4-7-5-9-2/h7H,3-5H2,1-2H3. The number of carbonyl (C=O) groups is 1. The number of methoxy groups -OCH3 is 1. The Morgan fingerprint density at radius 1 is 1.67 bits per heavy atom. The second-order valence-electron chi connectivity index (χ2n) is 1.89. The number of Topliss-reactive ketones (excluding diaryl/α,β-unsaturated/α-hetero) is 1. The van der Waals surface area contributed by atoms with Crippen LogP contribution in [0.3, 0.4) is 0 Å². The first kappa shape index (κ1) is 8.59. The molecule has 54 valence electrons. The van der Waals surface area contributed by atoms with E-state index < -0.39 is 0 Å². The Bertz CT molecular complexity index is 83.1. The Hall–Kier alpha value is -0.410. The van der Waals surface area contributed by atoms with E-state index in [2.05, 4.69) is 5.32 Å². The Morgan fingerprint density at radius 2 is 2.33 bits per heavy atom. The maximum atomic E-state index is 10.3. The van der Waals surface area contributed by atoms with Gasteiger partial charge in [0.2, 0.25) is 0 Å². The van der Waals surface area contributed by atoms with Crippen molar-refractivity contribution in [2.45, 2.75) is 13.3 Å². The van der Waals surface area contributed by atoms with Crippen LogP contribution in [0, 0.1) is 0 Å². The molecule has 0 aliphatic carbocycles. The predicted molar refractivity (Wildman–Crippen MR) is 35.2 cm³/mol. The van der Waals surface area contributed by atoms with Crippen LogP contribution in [0.15, 0.2) is 0 Å². The van der Waals surface area contributed by atoms with Crippen molar-refractivity contribution in [3.05, 3.63) is 0 Å². The van der Waals surface area contributed by atoms with E-state index in [1.807, 2.05) is 0 Å². The van der Waals surface area contributed by atoms with Crippen LogP contribution in [0.2, 0.25) is 0 Å². The summed E-state index contributed by atoms with van der Waals surface area (Å²) >= 11 is 0. The molecule has 0 heterocycles. The van der Waals surface area contributed by atoms with E-state index >= 15 is 0 Å². The van der Waals surface area contributed by atoms with Crippen molar-refractivity contribution in [2.75, 3.05) is 20.4 Å². The predicted octanol–water partition coefficient (Wildman–Crippen LogP) is 0.159. The first-order chi connectivity index (χ1) is 4.27. The monoisotopic (exact) mass is 131 g/mol. The van der Waals surface area contributed by atoms with E-state index in [4.69, 9.17) is 4.74 Å². The van der Waals surface area contributed by atoms with E-state index in [-0.39, 0.29) is 5.78 Å². The van der Waals surface area contributed by atoms with Gasteiger partial charge in [-0.05, 0) is 6.92 Å². The lowest BCUT2D eigenvalue weighted by atomic mass is 10.3. The molecule has 0 unspecified atom stereocenters.